The standard InChI is InChI=1S/C48H36BNO/c1-47(2)34-19-8-5-13-25(34)31-23-33-39-29(43(31)47)17-12-21-36(39)49-44-32(24-38-41(42(33)44)28-15-7-10-22-37(28)51-38)26-16-11-18-30-40-27-14-6-9-20-35(27)48(3,4)46(40)50-45(26)30/h5-22,24,33,49-50H,23H2,1-4H3. The van der Waals surface area contributed by atoms with Crippen molar-refractivity contribution < 1.29 is 4.42 Å². The summed E-state index contributed by atoms with van der Waals surface area (Å²) in [5, 5.41) is 3.81. The van der Waals surface area contributed by atoms with Gasteiger partial charge in [0.25, 0.3) is 0 Å². The molecule has 8 aromatic rings. The van der Waals surface area contributed by atoms with Crippen molar-refractivity contribution in [3.63, 3.8) is 0 Å². The van der Waals surface area contributed by atoms with Crippen LogP contribution in [0.3, 0.4) is 0 Å². The number of aromatic nitrogens is 1. The maximum absolute atomic E-state index is 6.82. The van der Waals surface area contributed by atoms with Crippen LogP contribution >= 0.6 is 0 Å². The van der Waals surface area contributed by atoms with Crippen LogP contribution in [0.25, 0.3) is 66.2 Å². The van der Waals surface area contributed by atoms with Crippen molar-refractivity contribution in [2.75, 3.05) is 0 Å². The number of hydrogen-bond donors (Lipinski definition) is 1. The Balaban J connectivity index is 1.17. The molecule has 0 bridgehead atoms. The number of nitrogens with one attached hydrogen (secondary N) is 1. The average molecular weight is 654 g/mol. The van der Waals surface area contributed by atoms with Crippen LogP contribution in [0.2, 0.25) is 0 Å². The second kappa shape index (κ2) is 9.22. The van der Waals surface area contributed by atoms with Crippen LogP contribution in [0.5, 0.6) is 0 Å². The predicted octanol–water partition coefficient (Wildman–Crippen LogP) is 10.5. The van der Waals surface area contributed by atoms with E-state index in [4.69, 9.17) is 4.42 Å². The van der Waals surface area contributed by atoms with Crippen LogP contribution < -0.4 is 10.9 Å². The van der Waals surface area contributed by atoms with E-state index in [1.807, 2.05) is 0 Å². The third-order valence-corrected chi connectivity index (χ3v) is 13.2. The van der Waals surface area contributed by atoms with Crippen molar-refractivity contribution in [1.29, 1.82) is 0 Å². The van der Waals surface area contributed by atoms with Gasteiger partial charge in [0, 0.05) is 49.7 Å². The second-order valence-corrected chi connectivity index (χ2v) is 16.4. The zero-order valence-corrected chi connectivity index (χ0v) is 29.4. The molecule has 1 unspecified atom stereocenters. The molecule has 1 N–H and O–H groups in total. The van der Waals surface area contributed by atoms with Gasteiger partial charge in [-0.25, -0.2) is 0 Å². The highest BCUT2D eigenvalue weighted by Gasteiger charge is 2.46. The minimum absolute atomic E-state index is 0.0398. The van der Waals surface area contributed by atoms with E-state index in [2.05, 4.69) is 148 Å². The summed E-state index contributed by atoms with van der Waals surface area (Å²) in [6, 6.07) is 43.2. The molecular formula is C48H36BNO. The van der Waals surface area contributed by atoms with Crippen LogP contribution in [-0.2, 0) is 10.8 Å². The summed E-state index contributed by atoms with van der Waals surface area (Å²) in [4.78, 5) is 4.04. The van der Waals surface area contributed by atoms with E-state index in [-0.39, 0.29) is 16.7 Å². The minimum atomic E-state index is -0.0987. The molecule has 2 nitrogen and oxygen atoms in total. The number of allylic oxidation sites excluding steroid dienone is 2. The summed E-state index contributed by atoms with van der Waals surface area (Å²) < 4.78 is 6.82. The van der Waals surface area contributed by atoms with Crippen LogP contribution in [0.4, 0.5) is 0 Å². The highest BCUT2D eigenvalue weighted by Crippen LogP contribution is 2.59. The Hall–Kier alpha value is -5.54. The molecule has 0 spiro atoms. The van der Waals surface area contributed by atoms with Gasteiger partial charge in [0.1, 0.15) is 11.2 Å². The molecular weight excluding hydrogens is 617 g/mol. The highest BCUT2D eigenvalue weighted by atomic mass is 16.3. The third kappa shape index (κ3) is 3.32. The van der Waals surface area contributed by atoms with Gasteiger partial charge in [-0.3, -0.25) is 0 Å². The van der Waals surface area contributed by atoms with Gasteiger partial charge in [0.2, 0.25) is 0 Å². The lowest BCUT2D eigenvalue weighted by Gasteiger charge is -2.38. The fourth-order valence-electron chi connectivity index (χ4n) is 11.1. The molecule has 1 atom stereocenters. The first-order chi connectivity index (χ1) is 24.8. The number of aromatic amines is 1. The van der Waals surface area contributed by atoms with Crippen LogP contribution in [-0.4, -0.2) is 12.3 Å². The number of H-pyrrole nitrogens is 1. The second-order valence-electron chi connectivity index (χ2n) is 16.4. The lowest BCUT2D eigenvalue weighted by molar-refractivity contribution is 0.642. The van der Waals surface area contributed by atoms with E-state index >= 15 is 0 Å². The average Bonchev–Trinajstić information content (AvgIpc) is 3.85. The lowest BCUT2D eigenvalue weighted by atomic mass is 9.49. The van der Waals surface area contributed by atoms with Crippen LogP contribution in [0, 0.1) is 0 Å². The Morgan fingerprint density at radius 1 is 0.627 bits per heavy atom. The molecule has 0 saturated carbocycles. The maximum atomic E-state index is 6.82. The molecule has 3 heteroatoms. The van der Waals surface area contributed by atoms with Crippen LogP contribution in [0.1, 0.15) is 79.1 Å². The maximum Gasteiger partial charge on any atom is 0.193 e. The Morgan fingerprint density at radius 3 is 2.18 bits per heavy atom. The van der Waals surface area contributed by atoms with E-state index in [0.29, 0.717) is 0 Å². The molecule has 4 aliphatic rings. The van der Waals surface area contributed by atoms with Gasteiger partial charge in [0.05, 0.1) is 5.52 Å². The Bertz CT molecular complexity index is 2930. The van der Waals surface area contributed by atoms with Crippen molar-refractivity contribution in [2.45, 2.75) is 50.9 Å². The predicted molar refractivity (Wildman–Crippen MR) is 214 cm³/mol. The highest BCUT2D eigenvalue weighted by molar-refractivity contribution is 6.71. The van der Waals surface area contributed by atoms with Gasteiger partial charge in [-0.1, -0.05) is 142 Å². The normalized spacial score (nSPS) is 18.3. The van der Waals surface area contributed by atoms with Gasteiger partial charge >= 0.3 is 0 Å². The minimum Gasteiger partial charge on any atom is -0.456 e. The van der Waals surface area contributed by atoms with Crippen molar-refractivity contribution in [3.8, 4) is 22.3 Å². The van der Waals surface area contributed by atoms with E-state index < -0.39 is 0 Å². The summed E-state index contributed by atoms with van der Waals surface area (Å²) in [5.74, 6) is 0.239. The number of fused-ring (bicyclic) bond motifs is 14. The fraction of sp³-hybridized carbons (Fsp3) is 0.167. The zero-order chi connectivity index (χ0) is 34.0. The summed E-state index contributed by atoms with van der Waals surface area (Å²) in [7, 11) is 0.904. The molecule has 2 aromatic heterocycles. The molecule has 1 aliphatic heterocycles. The molecule has 12 rings (SSSR count). The Morgan fingerprint density at radius 2 is 1.31 bits per heavy atom. The monoisotopic (exact) mass is 653 g/mol. The van der Waals surface area contributed by atoms with Gasteiger partial charge in [-0.05, 0) is 74.2 Å². The number of para-hydroxylation sites is 2. The molecule has 3 heterocycles. The van der Waals surface area contributed by atoms with Crippen molar-refractivity contribution in [1.82, 2.24) is 4.98 Å². The Kier molecular flexibility index (Phi) is 5.10. The third-order valence-electron chi connectivity index (χ3n) is 13.2. The van der Waals surface area contributed by atoms with Gasteiger partial charge in [-0.2, -0.15) is 0 Å². The molecule has 6 aromatic carbocycles. The molecule has 0 radical (unpaired) electrons. The van der Waals surface area contributed by atoms with Crippen LogP contribution in [0.15, 0.2) is 120 Å². The van der Waals surface area contributed by atoms with E-state index in [0.717, 1.165) is 24.9 Å². The molecule has 0 amide bonds. The first-order valence-corrected chi connectivity index (χ1v) is 18.5. The fourth-order valence-corrected chi connectivity index (χ4v) is 11.1. The Labute approximate surface area is 298 Å². The van der Waals surface area contributed by atoms with Gasteiger partial charge < -0.3 is 9.40 Å². The van der Waals surface area contributed by atoms with Gasteiger partial charge in [-0.15, -0.1) is 0 Å². The van der Waals surface area contributed by atoms with Crippen molar-refractivity contribution in [2.24, 2.45) is 0 Å². The molecule has 0 saturated heterocycles. The molecule has 0 fully saturated rings. The molecule has 242 valence electrons. The van der Waals surface area contributed by atoms with Crippen molar-refractivity contribution >= 4 is 62.2 Å². The topological polar surface area (TPSA) is 28.9 Å². The van der Waals surface area contributed by atoms with Gasteiger partial charge in [0.15, 0.2) is 7.28 Å². The smallest absolute Gasteiger partial charge is 0.193 e. The molecule has 3 aliphatic carbocycles. The number of benzene rings is 6. The summed E-state index contributed by atoms with van der Waals surface area (Å²) in [6.07, 6.45) is 0.997. The summed E-state index contributed by atoms with van der Waals surface area (Å²) >= 11 is 0. The van der Waals surface area contributed by atoms with E-state index in [9.17, 15) is 0 Å². The van der Waals surface area contributed by atoms with E-state index in [1.54, 1.807) is 0 Å². The number of furan rings is 1. The SMILES string of the molecule is CC1(C)C2=C(CC3c4c(cccc42)Bc2c(-c4cccc5c6c([nH]c45)C(C)(C)c4ccccc4-6)cc4oc5ccccc5c4c23)c2ccccc21. The lowest BCUT2D eigenvalue weighted by Crippen LogP contribution is -2.42. The van der Waals surface area contributed by atoms with E-state index in [1.165, 1.54) is 105 Å². The number of hydrogen-bond acceptors (Lipinski definition) is 1. The first-order valence-electron chi connectivity index (χ1n) is 18.5. The number of rotatable bonds is 1. The summed E-state index contributed by atoms with van der Waals surface area (Å²) in [5.41, 5.74) is 24.3. The molecule has 51 heavy (non-hydrogen) atoms. The van der Waals surface area contributed by atoms with Crippen molar-refractivity contribution in [3.05, 3.63) is 154 Å². The summed E-state index contributed by atoms with van der Waals surface area (Å²) in [6.45, 7) is 9.58. The first kappa shape index (κ1) is 28.2. The zero-order valence-electron chi connectivity index (χ0n) is 29.4. The largest absolute Gasteiger partial charge is 0.456 e. The quantitative estimate of drug-likeness (QED) is 0.176.